The van der Waals surface area contributed by atoms with E-state index in [1.807, 2.05) is 38.1 Å². The van der Waals surface area contributed by atoms with E-state index in [1.165, 1.54) is 0 Å². The summed E-state index contributed by atoms with van der Waals surface area (Å²) in [4.78, 5) is 17.4. The van der Waals surface area contributed by atoms with Crippen LogP contribution in [0.2, 0.25) is 5.02 Å². The number of pyridine rings is 1. The summed E-state index contributed by atoms with van der Waals surface area (Å²) in [7, 11) is 1.60. The number of halogens is 1. The summed E-state index contributed by atoms with van der Waals surface area (Å²) in [6, 6.07) is 13.2. The zero-order valence-electron chi connectivity index (χ0n) is 16.2. The van der Waals surface area contributed by atoms with Crippen LogP contribution >= 0.6 is 11.6 Å². The number of nitrogens with one attached hydrogen (secondary N) is 1. The molecule has 0 radical (unpaired) electrons. The van der Waals surface area contributed by atoms with Crippen molar-refractivity contribution in [2.24, 2.45) is 0 Å². The summed E-state index contributed by atoms with van der Waals surface area (Å²) in [5, 5.41) is 4.41. The van der Waals surface area contributed by atoms with Crippen molar-refractivity contribution in [2.75, 3.05) is 25.6 Å². The molecule has 28 heavy (non-hydrogen) atoms. The van der Waals surface area contributed by atoms with Crippen LogP contribution in [0.15, 0.2) is 42.5 Å². The SMILES string of the molecule is COCCOc1c(Cl)cccc1NC(=O)Cc1c(C)nc2ccccc2c1C. The average Bonchev–Trinajstić information content (AvgIpc) is 2.67. The lowest BCUT2D eigenvalue weighted by molar-refractivity contribution is -0.115. The highest BCUT2D eigenvalue weighted by molar-refractivity contribution is 6.32. The maximum Gasteiger partial charge on any atom is 0.228 e. The van der Waals surface area contributed by atoms with Crippen molar-refractivity contribution in [1.82, 2.24) is 4.98 Å². The first kappa shape index (κ1) is 20.1. The number of nitrogens with zero attached hydrogens (tertiary/aromatic N) is 1. The van der Waals surface area contributed by atoms with Crippen molar-refractivity contribution in [2.45, 2.75) is 20.3 Å². The van der Waals surface area contributed by atoms with Crippen LogP contribution in [-0.2, 0) is 16.0 Å². The first-order chi connectivity index (χ1) is 13.5. The molecule has 0 atom stereocenters. The zero-order chi connectivity index (χ0) is 20.1. The number of carbonyl (C=O) groups excluding carboxylic acids is 1. The molecule has 2 aromatic carbocycles. The highest BCUT2D eigenvalue weighted by Crippen LogP contribution is 2.33. The monoisotopic (exact) mass is 398 g/mol. The lowest BCUT2D eigenvalue weighted by atomic mass is 9.99. The Kier molecular flexibility index (Phi) is 6.49. The smallest absolute Gasteiger partial charge is 0.228 e. The number of amides is 1. The topological polar surface area (TPSA) is 60.5 Å². The van der Waals surface area contributed by atoms with Gasteiger partial charge < -0.3 is 14.8 Å². The number of carbonyl (C=O) groups is 1. The minimum atomic E-state index is -0.151. The Morgan fingerprint density at radius 2 is 1.89 bits per heavy atom. The van der Waals surface area contributed by atoms with Crippen LogP contribution < -0.4 is 10.1 Å². The van der Waals surface area contributed by atoms with E-state index in [9.17, 15) is 4.79 Å². The molecule has 0 aliphatic heterocycles. The van der Waals surface area contributed by atoms with Crippen LogP contribution in [0.1, 0.15) is 16.8 Å². The van der Waals surface area contributed by atoms with Crippen molar-refractivity contribution >= 4 is 34.1 Å². The van der Waals surface area contributed by atoms with Gasteiger partial charge in [-0.2, -0.15) is 0 Å². The normalized spacial score (nSPS) is 10.9. The number of benzene rings is 2. The Morgan fingerprint density at radius 1 is 1.11 bits per heavy atom. The molecule has 0 unspecified atom stereocenters. The van der Waals surface area contributed by atoms with Gasteiger partial charge in [0.2, 0.25) is 5.91 Å². The van der Waals surface area contributed by atoms with Crippen molar-refractivity contribution in [3.8, 4) is 5.75 Å². The lowest BCUT2D eigenvalue weighted by Crippen LogP contribution is -2.17. The van der Waals surface area contributed by atoms with E-state index in [2.05, 4.69) is 10.3 Å². The molecule has 6 heteroatoms. The molecule has 0 aliphatic rings. The van der Waals surface area contributed by atoms with Gasteiger partial charge in [-0.15, -0.1) is 0 Å². The third kappa shape index (κ3) is 4.43. The number of hydrogen-bond donors (Lipinski definition) is 1. The van der Waals surface area contributed by atoms with Gasteiger partial charge in [0.05, 0.1) is 29.3 Å². The van der Waals surface area contributed by atoms with Gasteiger partial charge in [0.15, 0.2) is 5.75 Å². The van der Waals surface area contributed by atoms with Gasteiger partial charge in [0, 0.05) is 18.2 Å². The highest BCUT2D eigenvalue weighted by Gasteiger charge is 2.16. The predicted octanol–water partition coefficient (Wildman–Crippen LogP) is 4.71. The van der Waals surface area contributed by atoms with Crippen molar-refractivity contribution in [3.05, 3.63) is 64.3 Å². The zero-order valence-corrected chi connectivity index (χ0v) is 17.0. The molecule has 5 nitrogen and oxygen atoms in total. The number of ether oxygens (including phenoxy) is 2. The van der Waals surface area contributed by atoms with Gasteiger partial charge in [-0.25, -0.2) is 0 Å². The van der Waals surface area contributed by atoms with Crippen molar-refractivity contribution in [1.29, 1.82) is 0 Å². The summed E-state index contributed by atoms with van der Waals surface area (Å²) in [6.45, 7) is 4.73. The molecular formula is C22H23ClN2O3. The molecule has 1 heterocycles. The molecule has 3 rings (SSSR count). The van der Waals surface area contributed by atoms with Crippen LogP contribution in [0.25, 0.3) is 10.9 Å². The highest BCUT2D eigenvalue weighted by atomic mass is 35.5. The van der Waals surface area contributed by atoms with E-state index in [0.717, 1.165) is 27.7 Å². The van der Waals surface area contributed by atoms with Gasteiger partial charge in [-0.1, -0.05) is 35.9 Å². The minimum absolute atomic E-state index is 0.151. The van der Waals surface area contributed by atoms with Crippen molar-refractivity contribution in [3.63, 3.8) is 0 Å². The van der Waals surface area contributed by atoms with Crippen LogP contribution in [0.3, 0.4) is 0 Å². The number of rotatable bonds is 7. The molecular weight excluding hydrogens is 376 g/mol. The quantitative estimate of drug-likeness (QED) is 0.585. The minimum Gasteiger partial charge on any atom is -0.487 e. The second kappa shape index (κ2) is 9.04. The Bertz CT molecular complexity index is 1000. The number of para-hydroxylation sites is 2. The van der Waals surface area contributed by atoms with Gasteiger partial charge >= 0.3 is 0 Å². The van der Waals surface area contributed by atoms with Gasteiger partial charge in [0.1, 0.15) is 6.61 Å². The molecule has 3 aromatic rings. The second-order valence-electron chi connectivity index (χ2n) is 6.50. The molecule has 146 valence electrons. The second-order valence-corrected chi connectivity index (χ2v) is 6.91. The Balaban J connectivity index is 1.82. The van der Waals surface area contributed by atoms with E-state index in [0.29, 0.717) is 29.7 Å². The van der Waals surface area contributed by atoms with E-state index in [1.54, 1.807) is 25.3 Å². The standard InChI is InChI=1S/C22H23ClN2O3/c1-14-16-7-4-5-9-19(16)24-15(2)17(14)13-21(26)25-20-10-6-8-18(23)22(20)28-12-11-27-3/h4-10H,11-13H2,1-3H3,(H,25,26). The summed E-state index contributed by atoms with van der Waals surface area (Å²) in [5.74, 6) is 0.293. The molecule has 1 amide bonds. The van der Waals surface area contributed by atoms with Crippen LogP contribution in [-0.4, -0.2) is 31.2 Å². The van der Waals surface area contributed by atoms with Crippen molar-refractivity contribution < 1.29 is 14.3 Å². The first-order valence-corrected chi connectivity index (χ1v) is 9.44. The molecule has 1 aromatic heterocycles. The van der Waals surface area contributed by atoms with Crippen LogP contribution in [0.5, 0.6) is 5.75 Å². The van der Waals surface area contributed by atoms with Gasteiger partial charge in [-0.05, 0) is 43.2 Å². The summed E-state index contributed by atoms with van der Waals surface area (Å²) in [5.41, 5.74) is 4.33. The maximum absolute atomic E-state index is 12.8. The van der Waals surface area contributed by atoms with E-state index in [4.69, 9.17) is 21.1 Å². The van der Waals surface area contributed by atoms with Gasteiger partial charge in [-0.3, -0.25) is 9.78 Å². The van der Waals surface area contributed by atoms with E-state index < -0.39 is 0 Å². The molecule has 0 aliphatic carbocycles. The number of anilines is 1. The molecule has 1 N–H and O–H groups in total. The van der Waals surface area contributed by atoms with Crippen LogP contribution in [0.4, 0.5) is 5.69 Å². The lowest BCUT2D eigenvalue weighted by Gasteiger charge is -2.15. The molecule has 0 bridgehead atoms. The van der Waals surface area contributed by atoms with Gasteiger partial charge in [0.25, 0.3) is 0 Å². The van der Waals surface area contributed by atoms with E-state index >= 15 is 0 Å². The molecule has 0 spiro atoms. The first-order valence-electron chi connectivity index (χ1n) is 9.06. The summed E-state index contributed by atoms with van der Waals surface area (Å²) >= 11 is 6.24. The number of methoxy groups -OCH3 is 1. The van der Waals surface area contributed by atoms with Crippen LogP contribution in [0, 0.1) is 13.8 Å². The maximum atomic E-state index is 12.8. The Labute approximate surface area is 169 Å². The largest absolute Gasteiger partial charge is 0.487 e. The molecule has 0 saturated heterocycles. The molecule has 0 saturated carbocycles. The number of aryl methyl sites for hydroxylation is 2. The fourth-order valence-electron chi connectivity index (χ4n) is 3.17. The average molecular weight is 399 g/mol. The molecule has 0 fully saturated rings. The summed E-state index contributed by atoms with van der Waals surface area (Å²) in [6.07, 6.45) is 0.222. The Hall–Kier alpha value is -2.63. The number of aromatic nitrogens is 1. The fraction of sp³-hybridized carbons (Fsp3) is 0.273. The van der Waals surface area contributed by atoms with E-state index in [-0.39, 0.29) is 12.3 Å². The Morgan fingerprint density at radius 3 is 2.68 bits per heavy atom. The summed E-state index contributed by atoms with van der Waals surface area (Å²) < 4.78 is 10.7. The predicted molar refractivity (Wildman–Crippen MR) is 112 cm³/mol. The fourth-order valence-corrected chi connectivity index (χ4v) is 3.40. The third-order valence-electron chi connectivity index (χ3n) is 4.60. The number of fused-ring (bicyclic) bond motifs is 1. The third-order valence-corrected chi connectivity index (χ3v) is 4.90. The number of hydrogen-bond acceptors (Lipinski definition) is 4.